The zero-order valence-corrected chi connectivity index (χ0v) is 8.33. The molecule has 0 spiro atoms. The highest BCUT2D eigenvalue weighted by Gasteiger charge is 2.34. The lowest BCUT2D eigenvalue weighted by molar-refractivity contribution is -0.275. The lowest BCUT2D eigenvalue weighted by atomic mass is 10.2. The van der Waals surface area contributed by atoms with Crippen molar-refractivity contribution >= 4 is 6.29 Å². The second-order valence-electron chi connectivity index (χ2n) is 2.89. The molecule has 0 amide bonds. The zero-order chi connectivity index (χ0) is 13.9. The van der Waals surface area contributed by atoms with Crippen LogP contribution in [0.25, 0.3) is 0 Å². The van der Waals surface area contributed by atoms with Crippen molar-refractivity contribution in [1.82, 2.24) is 4.98 Å². The van der Waals surface area contributed by atoms with E-state index in [1.165, 1.54) is 6.07 Å². The lowest BCUT2D eigenvalue weighted by Gasteiger charge is -2.13. The average molecular weight is 266 g/mol. The summed E-state index contributed by atoms with van der Waals surface area (Å²) in [5, 5.41) is 8.50. The Hall–Kier alpha value is -2.24. The molecule has 0 radical (unpaired) electrons. The highest BCUT2D eigenvalue weighted by Crippen LogP contribution is 2.32. The van der Waals surface area contributed by atoms with Gasteiger partial charge in [-0.05, 0) is 6.07 Å². The maximum absolute atomic E-state index is 12.4. The van der Waals surface area contributed by atoms with Crippen LogP contribution in [0.5, 0.6) is 5.75 Å². The molecule has 1 aromatic rings. The van der Waals surface area contributed by atoms with Crippen LogP contribution in [-0.4, -0.2) is 17.6 Å². The predicted octanol–water partition coefficient (Wildman–Crippen LogP) is 2.60. The fourth-order valence-corrected chi connectivity index (χ4v) is 1.07. The molecular weight excluding hydrogens is 263 g/mol. The van der Waals surface area contributed by atoms with Gasteiger partial charge in [0.05, 0.1) is 5.56 Å². The van der Waals surface area contributed by atoms with Crippen molar-refractivity contribution in [2.24, 2.45) is 0 Å². The van der Waals surface area contributed by atoms with E-state index in [9.17, 15) is 26.7 Å². The molecule has 0 unspecified atom stereocenters. The Labute approximate surface area is 96.6 Å². The smallest absolute Gasteiger partial charge is 0.404 e. The van der Waals surface area contributed by atoms with E-state index < -0.39 is 35.5 Å². The van der Waals surface area contributed by atoms with Gasteiger partial charge >= 0.3 is 6.36 Å². The zero-order valence-electron chi connectivity index (χ0n) is 8.33. The second kappa shape index (κ2) is 4.95. The minimum atomic E-state index is -5.21. The molecule has 0 aliphatic rings. The summed E-state index contributed by atoms with van der Waals surface area (Å²) in [4.78, 5) is 13.4. The van der Waals surface area contributed by atoms with Gasteiger partial charge in [0, 0.05) is 0 Å². The minimum absolute atomic E-state index is 0.0179. The highest BCUT2D eigenvalue weighted by molar-refractivity contribution is 5.79. The molecule has 9 heteroatoms. The summed E-state index contributed by atoms with van der Waals surface area (Å²) < 4.78 is 64.1. The number of carbonyl (C=O) groups excluding carboxylic acids is 1. The number of halogens is 5. The van der Waals surface area contributed by atoms with Crippen molar-refractivity contribution in [2.45, 2.75) is 12.8 Å². The summed E-state index contributed by atoms with van der Waals surface area (Å²) in [7, 11) is 0. The Kier molecular flexibility index (Phi) is 3.80. The number of rotatable bonds is 3. The molecule has 96 valence electrons. The van der Waals surface area contributed by atoms with Crippen LogP contribution in [0.1, 0.15) is 28.2 Å². The first-order valence-electron chi connectivity index (χ1n) is 4.22. The first-order chi connectivity index (χ1) is 8.28. The number of carbonyl (C=O) groups is 1. The van der Waals surface area contributed by atoms with E-state index in [0.717, 1.165) is 0 Å². The van der Waals surface area contributed by atoms with Crippen LogP contribution < -0.4 is 4.74 Å². The van der Waals surface area contributed by atoms with Crippen molar-refractivity contribution in [2.75, 3.05) is 0 Å². The maximum Gasteiger partial charge on any atom is 0.573 e. The van der Waals surface area contributed by atoms with Crippen molar-refractivity contribution in [3.05, 3.63) is 23.0 Å². The third-order valence-corrected chi connectivity index (χ3v) is 1.71. The van der Waals surface area contributed by atoms with Gasteiger partial charge in [-0.25, -0.2) is 13.8 Å². The molecule has 0 N–H and O–H groups in total. The highest BCUT2D eigenvalue weighted by atomic mass is 19.4. The molecule has 0 saturated heterocycles. The van der Waals surface area contributed by atoms with Crippen LogP contribution in [0, 0.1) is 11.3 Å². The van der Waals surface area contributed by atoms with Gasteiger partial charge in [0.2, 0.25) is 0 Å². The normalized spacial score (nSPS) is 11.2. The molecule has 4 nitrogen and oxygen atoms in total. The predicted molar refractivity (Wildman–Crippen MR) is 46.0 cm³/mol. The second-order valence-corrected chi connectivity index (χ2v) is 2.89. The van der Waals surface area contributed by atoms with Crippen LogP contribution in [-0.2, 0) is 0 Å². The van der Waals surface area contributed by atoms with Crippen LogP contribution in [0.2, 0.25) is 0 Å². The summed E-state index contributed by atoms with van der Waals surface area (Å²) in [5.74, 6) is -1.31. The van der Waals surface area contributed by atoms with Crippen LogP contribution in [0.3, 0.4) is 0 Å². The molecule has 0 bridgehead atoms. The van der Waals surface area contributed by atoms with Crippen molar-refractivity contribution in [3.8, 4) is 11.8 Å². The Morgan fingerprint density at radius 1 is 1.44 bits per heavy atom. The largest absolute Gasteiger partial charge is 0.573 e. The number of pyridine rings is 1. The molecule has 0 fully saturated rings. The Morgan fingerprint density at radius 3 is 2.44 bits per heavy atom. The summed E-state index contributed by atoms with van der Waals surface area (Å²) in [5.41, 5.74) is -2.62. The number of ether oxygens (including phenoxy) is 1. The molecule has 0 saturated carbocycles. The Bertz CT molecular complexity index is 507. The van der Waals surface area contributed by atoms with Crippen LogP contribution in [0.15, 0.2) is 6.07 Å². The molecule has 1 rings (SSSR count). The molecule has 1 aromatic heterocycles. The van der Waals surface area contributed by atoms with E-state index in [1.807, 2.05) is 0 Å². The van der Waals surface area contributed by atoms with Gasteiger partial charge in [0.1, 0.15) is 6.07 Å². The fraction of sp³-hybridized carbons (Fsp3) is 0.222. The molecule has 0 aliphatic carbocycles. The van der Waals surface area contributed by atoms with E-state index in [0.29, 0.717) is 6.07 Å². The molecule has 0 atom stereocenters. The minimum Gasteiger partial charge on any atom is -0.404 e. The third-order valence-electron chi connectivity index (χ3n) is 1.71. The standard InChI is InChI=1S/C9H3F5N2O2/c10-8(11)7-6(18-9(12,13)14)1-4(3-17)5(2-15)16-7/h1,3,8H. The van der Waals surface area contributed by atoms with Gasteiger partial charge in [-0.3, -0.25) is 4.79 Å². The van der Waals surface area contributed by atoms with Gasteiger partial charge in [-0.15, -0.1) is 13.2 Å². The molecule has 0 aliphatic heterocycles. The number of aldehydes is 1. The third kappa shape index (κ3) is 3.13. The van der Waals surface area contributed by atoms with Crippen molar-refractivity contribution in [3.63, 3.8) is 0 Å². The number of aromatic nitrogens is 1. The number of alkyl halides is 5. The van der Waals surface area contributed by atoms with E-state index in [2.05, 4.69) is 9.72 Å². The number of hydrogen-bond acceptors (Lipinski definition) is 4. The SMILES string of the molecule is N#Cc1nc(C(F)F)c(OC(F)(F)F)cc1C=O. The quantitative estimate of drug-likeness (QED) is 0.623. The molecule has 18 heavy (non-hydrogen) atoms. The number of hydrogen-bond donors (Lipinski definition) is 0. The molecule has 0 aromatic carbocycles. The Morgan fingerprint density at radius 2 is 2.06 bits per heavy atom. The van der Waals surface area contributed by atoms with Gasteiger partial charge in [-0.2, -0.15) is 5.26 Å². The van der Waals surface area contributed by atoms with Gasteiger partial charge in [0.25, 0.3) is 6.43 Å². The van der Waals surface area contributed by atoms with Gasteiger partial charge < -0.3 is 4.74 Å². The van der Waals surface area contributed by atoms with Crippen molar-refractivity contribution < 1.29 is 31.5 Å². The summed E-state index contributed by atoms with van der Waals surface area (Å²) in [6.45, 7) is 0. The van der Waals surface area contributed by atoms with Crippen LogP contribution >= 0.6 is 0 Å². The monoisotopic (exact) mass is 266 g/mol. The van der Waals surface area contributed by atoms with E-state index in [-0.39, 0.29) is 6.29 Å². The summed E-state index contributed by atoms with van der Waals surface area (Å²) in [6.07, 6.45) is -8.57. The van der Waals surface area contributed by atoms with Crippen LogP contribution in [0.4, 0.5) is 22.0 Å². The lowest BCUT2D eigenvalue weighted by Crippen LogP contribution is -2.19. The first-order valence-corrected chi connectivity index (χ1v) is 4.22. The van der Waals surface area contributed by atoms with Gasteiger partial charge in [-0.1, -0.05) is 0 Å². The topological polar surface area (TPSA) is 63.0 Å². The van der Waals surface area contributed by atoms with Crippen molar-refractivity contribution in [1.29, 1.82) is 5.26 Å². The number of nitriles is 1. The molecular formula is C9H3F5N2O2. The Balaban J connectivity index is 3.39. The summed E-state index contributed by atoms with van der Waals surface area (Å²) in [6, 6.07) is 1.72. The van der Waals surface area contributed by atoms with E-state index in [4.69, 9.17) is 5.26 Å². The molecule has 1 heterocycles. The fourth-order valence-electron chi connectivity index (χ4n) is 1.07. The first kappa shape index (κ1) is 13.8. The maximum atomic E-state index is 12.4. The van der Waals surface area contributed by atoms with E-state index >= 15 is 0 Å². The summed E-state index contributed by atoms with van der Waals surface area (Å²) >= 11 is 0. The van der Waals surface area contributed by atoms with Gasteiger partial charge in [0.15, 0.2) is 23.4 Å². The van der Waals surface area contributed by atoms with E-state index in [1.54, 1.807) is 0 Å². The average Bonchev–Trinajstić information content (AvgIpc) is 2.25. The number of nitrogens with zero attached hydrogens (tertiary/aromatic N) is 2.